The van der Waals surface area contributed by atoms with Gasteiger partial charge in [0.1, 0.15) is 5.75 Å². The third kappa shape index (κ3) is 4.39. The van der Waals surface area contributed by atoms with E-state index in [9.17, 15) is 4.79 Å². The summed E-state index contributed by atoms with van der Waals surface area (Å²) >= 11 is 0. The third-order valence-corrected chi connectivity index (χ3v) is 3.32. The van der Waals surface area contributed by atoms with Crippen LogP contribution in [-0.2, 0) is 4.79 Å². The van der Waals surface area contributed by atoms with E-state index < -0.39 is 6.10 Å². The minimum absolute atomic E-state index is 0.237. The Kier molecular flexibility index (Phi) is 5.46. The smallest absolute Gasteiger partial charge is 0.265 e. The fraction of sp³-hybridized carbons (Fsp3) is 0.278. The molecule has 0 aliphatic heterocycles. The lowest BCUT2D eigenvalue weighted by Crippen LogP contribution is -2.30. The van der Waals surface area contributed by atoms with E-state index >= 15 is 0 Å². The molecule has 0 aliphatic carbocycles. The van der Waals surface area contributed by atoms with Crippen LogP contribution in [0.25, 0.3) is 0 Å². The Morgan fingerprint density at radius 3 is 2.43 bits per heavy atom. The third-order valence-electron chi connectivity index (χ3n) is 3.32. The van der Waals surface area contributed by atoms with Gasteiger partial charge in [-0.15, -0.1) is 0 Å². The largest absolute Gasteiger partial charge is 0.493 e. The van der Waals surface area contributed by atoms with Crippen molar-refractivity contribution >= 4 is 11.6 Å². The molecule has 23 heavy (non-hydrogen) atoms. The van der Waals surface area contributed by atoms with E-state index in [4.69, 9.17) is 14.2 Å². The minimum atomic E-state index is -0.620. The summed E-state index contributed by atoms with van der Waals surface area (Å²) in [5.41, 5.74) is 1.70. The summed E-state index contributed by atoms with van der Waals surface area (Å²) < 4.78 is 16.1. The van der Waals surface area contributed by atoms with Gasteiger partial charge in [0.05, 0.1) is 14.2 Å². The molecule has 122 valence electrons. The average molecular weight is 315 g/mol. The van der Waals surface area contributed by atoms with Crippen molar-refractivity contribution in [3.05, 3.63) is 48.0 Å². The first-order valence-corrected chi connectivity index (χ1v) is 7.29. The number of amides is 1. The number of rotatable bonds is 6. The summed E-state index contributed by atoms with van der Waals surface area (Å²) in [5.74, 6) is 1.59. The maximum atomic E-state index is 12.2. The van der Waals surface area contributed by atoms with Gasteiger partial charge in [-0.2, -0.15) is 0 Å². The van der Waals surface area contributed by atoms with Gasteiger partial charge in [-0.3, -0.25) is 4.79 Å². The topological polar surface area (TPSA) is 56.8 Å². The maximum Gasteiger partial charge on any atom is 0.265 e. The first-order valence-electron chi connectivity index (χ1n) is 7.29. The number of hydrogen-bond donors (Lipinski definition) is 1. The van der Waals surface area contributed by atoms with Gasteiger partial charge < -0.3 is 19.5 Å². The molecule has 0 spiro atoms. The number of nitrogens with one attached hydrogen (secondary N) is 1. The fourth-order valence-corrected chi connectivity index (χ4v) is 2.10. The number of hydrogen-bond acceptors (Lipinski definition) is 4. The van der Waals surface area contributed by atoms with Crippen LogP contribution in [0, 0.1) is 6.92 Å². The van der Waals surface area contributed by atoms with Gasteiger partial charge in [0.15, 0.2) is 17.6 Å². The van der Waals surface area contributed by atoms with Crippen molar-refractivity contribution in [2.45, 2.75) is 20.0 Å². The number of carbonyl (C=O) groups excluding carboxylic acids is 1. The summed E-state index contributed by atoms with van der Waals surface area (Å²) in [4.78, 5) is 12.2. The highest BCUT2D eigenvalue weighted by molar-refractivity contribution is 5.94. The first-order chi connectivity index (χ1) is 11.0. The van der Waals surface area contributed by atoms with Crippen LogP contribution >= 0.6 is 0 Å². The van der Waals surface area contributed by atoms with Gasteiger partial charge in [-0.1, -0.05) is 12.1 Å². The van der Waals surface area contributed by atoms with Gasteiger partial charge in [-0.05, 0) is 43.7 Å². The van der Waals surface area contributed by atoms with E-state index in [-0.39, 0.29) is 5.91 Å². The molecule has 5 nitrogen and oxygen atoms in total. The number of benzene rings is 2. The number of anilines is 1. The molecular formula is C18H21NO4. The number of aryl methyl sites for hydroxylation is 1. The Morgan fingerprint density at radius 1 is 1.04 bits per heavy atom. The first kappa shape index (κ1) is 16.7. The van der Waals surface area contributed by atoms with Crippen molar-refractivity contribution in [1.82, 2.24) is 0 Å². The SMILES string of the molecule is COc1ccc(NC(=O)C(C)Oc2cccc(C)c2)cc1OC. The molecule has 0 fully saturated rings. The van der Waals surface area contributed by atoms with Gasteiger partial charge in [0.25, 0.3) is 5.91 Å². The summed E-state index contributed by atoms with van der Waals surface area (Å²) in [6, 6.07) is 12.8. The molecule has 1 amide bonds. The summed E-state index contributed by atoms with van der Waals surface area (Å²) in [6.45, 7) is 3.68. The summed E-state index contributed by atoms with van der Waals surface area (Å²) in [5, 5.41) is 2.80. The number of ether oxygens (including phenoxy) is 3. The standard InChI is InChI=1S/C18H21NO4/c1-12-6-5-7-15(10-12)23-13(2)18(20)19-14-8-9-16(21-3)17(11-14)22-4/h5-11,13H,1-4H3,(H,19,20). The Balaban J connectivity index is 2.03. The van der Waals surface area contributed by atoms with E-state index in [2.05, 4.69) is 5.32 Å². The Bertz CT molecular complexity index is 684. The summed E-state index contributed by atoms with van der Waals surface area (Å²) in [7, 11) is 3.11. The molecule has 0 aliphatic rings. The average Bonchev–Trinajstić information content (AvgIpc) is 2.54. The van der Waals surface area contributed by atoms with Crippen LogP contribution in [0.5, 0.6) is 17.2 Å². The molecule has 1 unspecified atom stereocenters. The van der Waals surface area contributed by atoms with Gasteiger partial charge in [0.2, 0.25) is 0 Å². The van der Waals surface area contributed by atoms with Crippen molar-refractivity contribution in [2.75, 3.05) is 19.5 Å². The molecule has 0 heterocycles. The molecule has 2 aromatic carbocycles. The quantitative estimate of drug-likeness (QED) is 0.887. The van der Waals surface area contributed by atoms with Gasteiger partial charge in [0, 0.05) is 11.8 Å². The lowest BCUT2D eigenvalue weighted by atomic mass is 10.2. The van der Waals surface area contributed by atoms with E-state index in [0.29, 0.717) is 22.9 Å². The van der Waals surface area contributed by atoms with Crippen LogP contribution in [0.1, 0.15) is 12.5 Å². The zero-order valence-corrected chi connectivity index (χ0v) is 13.8. The molecule has 0 radical (unpaired) electrons. The molecule has 0 bridgehead atoms. The van der Waals surface area contributed by atoms with Crippen molar-refractivity contribution in [3.8, 4) is 17.2 Å². The fourth-order valence-electron chi connectivity index (χ4n) is 2.10. The lowest BCUT2D eigenvalue weighted by Gasteiger charge is -2.16. The normalized spacial score (nSPS) is 11.5. The van der Waals surface area contributed by atoms with Crippen LogP contribution < -0.4 is 19.5 Å². The Hall–Kier alpha value is -2.69. The van der Waals surface area contributed by atoms with E-state index in [0.717, 1.165) is 5.56 Å². The van der Waals surface area contributed by atoms with Crippen LogP contribution in [0.4, 0.5) is 5.69 Å². The van der Waals surface area contributed by atoms with Crippen molar-refractivity contribution in [3.63, 3.8) is 0 Å². The Morgan fingerprint density at radius 2 is 1.78 bits per heavy atom. The molecule has 0 saturated heterocycles. The zero-order valence-electron chi connectivity index (χ0n) is 13.8. The second-order valence-electron chi connectivity index (χ2n) is 5.14. The molecule has 5 heteroatoms. The monoisotopic (exact) mass is 315 g/mol. The molecule has 0 saturated carbocycles. The van der Waals surface area contributed by atoms with Crippen LogP contribution in [0.3, 0.4) is 0 Å². The van der Waals surface area contributed by atoms with Gasteiger partial charge in [-0.25, -0.2) is 0 Å². The van der Waals surface area contributed by atoms with Crippen LogP contribution in [0.15, 0.2) is 42.5 Å². The summed E-state index contributed by atoms with van der Waals surface area (Å²) in [6.07, 6.45) is -0.620. The number of carbonyl (C=O) groups is 1. The van der Waals surface area contributed by atoms with E-state index in [1.54, 1.807) is 39.3 Å². The van der Waals surface area contributed by atoms with Crippen molar-refractivity contribution < 1.29 is 19.0 Å². The lowest BCUT2D eigenvalue weighted by molar-refractivity contribution is -0.122. The minimum Gasteiger partial charge on any atom is -0.493 e. The van der Waals surface area contributed by atoms with Crippen molar-refractivity contribution in [1.29, 1.82) is 0 Å². The molecule has 1 N–H and O–H groups in total. The highest BCUT2D eigenvalue weighted by atomic mass is 16.5. The van der Waals surface area contributed by atoms with Crippen molar-refractivity contribution in [2.24, 2.45) is 0 Å². The molecule has 2 rings (SSSR count). The van der Waals surface area contributed by atoms with Gasteiger partial charge >= 0.3 is 0 Å². The van der Waals surface area contributed by atoms with E-state index in [1.165, 1.54) is 0 Å². The zero-order chi connectivity index (χ0) is 16.8. The van der Waals surface area contributed by atoms with Crippen LogP contribution in [-0.4, -0.2) is 26.2 Å². The molecule has 2 aromatic rings. The highest BCUT2D eigenvalue weighted by Gasteiger charge is 2.16. The molecular weight excluding hydrogens is 294 g/mol. The predicted molar refractivity (Wildman–Crippen MR) is 89.4 cm³/mol. The maximum absolute atomic E-state index is 12.2. The number of methoxy groups -OCH3 is 2. The Labute approximate surface area is 136 Å². The second-order valence-corrected chi connectivity index (χ2v) is 5.14. The van der Waals surface area contributed by atoms with E-state index in [1.807, 2.05) is 31.2 Å². The predicted octanol–water partition coefficient (Wildman–Crippen LogP) is 3.42. The molecule has 1 atom stereocenters. The second kappa shape index (κ2) is 7.54. The molecule has 0 aromatic heterocycles. The highest BCUT2D eigenvalue weighted by Crippen LogP contribution is 2.29. The van der Waals surface area contributed by atoms with Crippen LogP contribution in [0.2, 0.25) is 0 Å².